The lowest BCUT2D eigenvalue weighted by Gasteiger charge is -1.97. The Morgan fingerprint density at radius 3 is 2.62 bits per heavy atom. The summed E-state index contributed by atoms with van der Waals surface area (Å²) in [5.41, 5.74) is 7.69. The van der Waals surface area contributed by atoms with Crippen LogP contribution in [0.2, 0.25) is 0 Å². The summed E-state index contributed by atoms with van der Waals surface area (Å²) in [6, 6.07) is 10.2. The molecule has 1 aromatic carbocycles. The molecule has 13 heavy (non-hydrogen) atoms. The van der Waals surface area contributed by atoms with E-state index in [1.54, 1.807) is 6.21 Å². The molecule has 0 bridgehead atoms. The number of hydrogen-bond acceptors (Lipinski definition) is 3. The van der Waals surface area contributed by atoms with Crippen molar-refractivity contribution >= 4 is 11.9 Å². The molecule has 1 aliphatic rings. The zero-order valence-corrected chi connectivity index (χ0v) is 7.22. The summed E-state index contributed by atoms with van der Waals surface area (Å²) in [5.74, 6) is 0. The topological polar surface area (TPSA) is 50.7 Å². The fraction of sp³-hybridized carbons (Fsp3) is 0.200. The molecule has 0 spiro atoms. The first-order valence-corrected chi connectivity index (χ1v) is 4.24. The zero-order valence-electron chi connectivity index (χ0n) is 7.22. The first kappa shape index (κ1) is 8.13. The molecule has 2 N–H and O–H groups in total. The SMILES string of the molecule is N[C@H]1N=CC(Cc2ccccc2)=N1. The third-order valence-electron chi connectivity index (χ3n) is 1.90. The Hall–Kier alpha value is -1.48. The van der Waals surface area contributed by atoms with E-state index in [2.05, 4.69) is 22.1 Å². The Bertz CT molecular complexity index is 340. The Morgan fingerprint density at radius 1 is 1.23 bits per heavy atom. The maximum atomic E-state index is 5.49. The first-order valence-electron chi connectivity index (χ1n) is 4.24. The molecule has 1 heterocycles. The van der Waals surface area contributed by atoms with E-state index in [4.69, 9.17) is 5.73 Å². The highest BCUT2D eigenvalue weighted by atomic mass is 15.2. The maximum absolute atomic E-state index is 5.49. The van der Waals surface area contributed by atoms with E-state index >= 15 is 0 Å². The van der Waals surface area contributed by atoms with Gasteiger partial charge in [-0.25, -0.2) is 4.99 Å². The molecule has 0 saturated carbocycles. The van der Waals surface area contributed by atoms with Crippen molar-refractivity contribution in [2.75, 3.05) is 0 Å². The normalized spacial score (nSPS) is 20.4. The summed E-state index contributed by atoms with van der Waals surface area (Å²) in [6.07, 6.45) is 2.19. The van der Waals surface area contributed by atoms with Gasteiger partial charge in [0, 0.05) is 12.6 Å². The van der Waals surface area contributed by atoms with Crippen LogP contribution >= 0.6 is 0 Å². The van der Waals surface area contributed by atoms with Crippen molar-refractivity contribution in [2.45, 2.75) is 12.7 Å². The van der Waals surface area contributed by atoms with Gasteiger partial charge in [0.1, 0.15) is 0 Å². The third kappa shape index (κ3) is 2.00. The van der Waals surface area contributed by atoms with Crippen molar-refractivity contribution in [3.8, 4) is 0 Å². The molecule has 0 fully saturated rings. The summed E-state index contributed by atoms with van der Waals surface area (Å²) in [7, 11) is 0. The molecule has 3 heteroatoms. The van der Waals surface area contributed by atoms with Gasteiger partial charge in [-0.3, -0.25) is 10.7 Å². The zero-order chi connectivity index (χ0) is 9.10. The van der Waals surface area contributed by atoms with Crippen LogP contribution in [-0.2, 0) is 6.42 Å². The summed E-state index contributed by atoms with van der Waals surface area (Å²) in [6.45, 7) is 0. The Balaban J connectivity index is 2.08. The minimum absolute atomic E-state index is 0.376. The molecule has 66 valence electrons. The van der Waals surface area contributed by atoms with E-state index in [1.807, 2.05) is 18.2 Å². The molecular weight excluding hydrogens is 162 g/mol. The molecule has 1 aromatic rings. The van der Waals surface area contributed by atoms with Crippen LogP contribution < -0.4 is 5.73 Å². The van der Waals surface area contributed by atoms with Crippen LogP contribution in [0.1, 0.15) is 5.56 Å². The fourth-order valence-electron chi connectivity index (χ4n) is 1.30. The molecule has 0 radical (unpaired) electrons. The van der Waals surface area contributed by atoms with Gasteiger partial charge in [-0.1, -0.05) is 30.3 Å². The average Bonchev–Trinajstić information content (AvgIpc) is 2.53. The van der Waals surface area contributed by atoms with Gasteiger partial charge in [0.2, 0.25) is 0 Å². The molecule has 1 atom stereocenters. The van der Waals surface area contributed by atoms with Gasteiger partial charge >= 0.3 is 0 Å². The Labute approximate surface area is 77.0 Å². The van der Waals surface area contributed by atoms with Crippen molar-refractivity contribution in [1.29, 1.82) is 0 Å². The van der Waals surface area contributed by atoms with E-state index in [-0.39, 0.29) is 6.29 Å². The van der Waals surface area contributed by atoms with Crippen LogP contribution in [0.4, 0.5) is 0 Å². The molecule has 1 aliphatic heterocycles. The van der Waals surface area contributed by atoms with E-state index in [0.29, 0.717) is 0 Å². The van der Waals surface area contributed by atoms with E-state index in [0.717, 1.165) is 12.1 Å². The molecular formula is C10H11N3. The number of nitrogens with zero attached hydrogens (tertiary/aromatic N) is 2. The van der Waals surface area contributed by atoms with Crippen molar-refractivity contribution in [2.24, 2.45) is 15.7 Å². The molecule has 0 unspecified atom stereocenters. The first-order chi connectivity index (χ1) is 6.34. The highest BCUT2D eigenvalue weighted by Crippen LogP contribution is 2.03. The predicted molar refractivity (Wildman–Crippen MR) is 54.0 cm³/mol. The predicted octanol–water partition coefficient (Wildman–Crippen LogP) is 0.997. The van der Waals surface area contributed by atoms with Crippen LogP contribution in [-0.4, -0.2) is 18.2 Å². The number of hydrogen-bond donors (Lipinski definition) is 1. The smallest absolute Gasteiger partial charge is 0.191 e. The van der Waals surface area contributed by atoms with Gasteiger partial charge in [0.05, 0.1) is 5.71 Å². The number of nitrogens with two attached hydrogens (primary N) is 1. The third-order valence-corrected chi connectivity index (χ3v) is 1.90. The lowest BCUT2D eigenvalue weighted by Crippen LogP contribution is -2.11. The quantitative estimate of drug-likeness (QED) is 0.712. The lowest BCUT2D eigenvalue weighted by atomic mass is 10.1. The molecule has 0 aromatic heterocycles. The summed E-state index contributed by atoms with van der Waals surface area (Å²) < 4.78 is 0. The molecule has 0 saturated heterocycles. The molecule has 0 amide bonds. The minimum atomic E-state index is -0.376. The van der Waals surface area contributed by atoms with Crippen molar-refractivity contribution in [3.63, 3.8) is 0 Å². The van der Waals surface area contributed by atoms with E-state index in [1.165, 1.54) is 5.56 Å². The van der Waals surface area contributed by atoms with Crippen molar-refractivity contribution in [3.05, 3.63) is 35.9 Å². The van der Waals surface area contributed by atoms with Crippen LogP contribution in [0, 0.1) is 0 Å². The van der Waals surface area contributed by atoms with Gasteiger partial charge in [-0.15, -0.1) is 0 Å². The lowest BCUT2D eigenvalue weighted by molar-refractivity contribution is 0.772. The van der Waals surface area contributed by atoms with E-state index in [9.17, 15) is 0 Å². The van der Waals surface area contributed by atoms with Gasteiger partial charge in [-0.05, 0) is 5.56 Å². The van der Waals surface area contributed by atoms with Gasteiger partial charge in [-0.2, -0.15) is 0 Å². The highest BCUT2D eigenvalue weighted by Gasteiger charge is 2.06. The Kier molecular flexibility index (Phi) is 2.19. The number of aliphatic imine (C=N–C) groups is 2. The van der Waals surface area contributed by atoms with Crippen LogP contribution in [0.5, 0.6) is 0 Å². The fourth-order valence-corrected chi connectivity index (χ4v) is 1.30. The largest absolute Gasteiger partial charge is 0.291 e. The van der Waals surface area contributed by atoms with Gasteiger partial charge in [0.15, 0.2) is 6.29 Å². The standard InChI is InChI=1S/C10H11N3/c11-10-12-7-9(13-10)6-8-4-2-1-3-5-8/h1-5,7,10H,6,11H2/t10-/m0/s1. The van der Waals surface area contributed by atoms with Gasteiger partial charge in [0.25, 0.3) is 0 Å². The summed E-state index contributed by atoms with van der Waals surface area (Å²) >= 11 is 0. The highest BCUT2D eigenvalue weighted by molar-refractivity contribution is 6.32. The van der Waals surface area contributed by atoms with Crippen LogP contribution in [0.25, 0.3) is 0 Å². The second kappa shape index (κ2) is 3.49. The second-order valence-corrected chi connectivity index (χ2v) is 2.97. The monoisotopic (exact) mass is 173 g/mol. The average molecular weight is 173 g/mol. The number of rotatable bonds is 2. The molecule has 0 aliphatic carbocycles. The van der Waals surface area contributed by atoms with Gasteiger partial charge < -0.3 is 0 Å². The van der Waals surface area contributed by atoms with E-state index < -0.39 is 0 Å². The van der Waals surface area contributed by atoms with Crippen LogP contribution in [0.15, 0.2) is 40.3 Å². The molecule has 2 rings (SSSR count). The summed E-state index contributed by atoms with van der Waals surface area (Å²) in [4.78, 5) is 8.12. The van der Waals surface area contributed by atoms with Crippen LogP contribution in [0.3, 0.4) is 0 Å². The minimum Gasteiger partial charge on any atom is -0.291 e. The Morgan fingerprint density at radius 2 is 2.00 bits per heavy atom. The van der Waals surface area contributed by atoms with Crippen molar-refractivity contribution < 1.29 is 0 Å². The number of benzene rings is 1. The second-order valence-electron chi connectivity index (χ2n) is 2.97. The summed E-state index contributed by atoms with van der Waals surface area (Å²) in [5, 5.41) is 0. The molecule has 3 nitrogen and oxygen atoms in total. The maximum Gasteiger partial charge on any atom is 0.191 e. The van der Waals surface area contributed by atoms with Crippen molar-refractivity contribution in [1.82, 2.24) is 0 Å².